The molecule has 0 aromatic rings. The molecule has 1 saturated heterocycles. The standard InChI is InChI=1S/C16H24O8/c1-7-2-10-12(8(3-17)5-22-10)9(7)6-23-16-15(21)14(20)13(19)11(4-18)24-16/h3,5,7,9-16,18-21H,2,4,6H2,1H3. The monoisotopic (exact) mass is 344 g/mol. The second-order valence-electron chi connectivity index (χ2n) is 6.84. The SMILES string of the molecule is CC1CC2OC=C(C=O)C2C1COC1OC(CO)C(O)C(O)C1O. The molecular formula is C16H24O8. The fraction of sp³-hybridized carbons (Fsp3) is 0.812. The minimum Gasteiger partial charge on any atom is -0.497 e. The van der Waals surface area contributed by atoms with Gasteiger partial charge in [0.25, 0.3) is 0 Å². The van der Waals surface area contributed by atoms with Crippen LogP contribution in [0.5, 0.6) is 0 Å². The van der Waals surface area contributed by atoms with Gasteiger partial charge in [0.1, 0.15) is 36.8 Å². The highest BCUT2D eigenvalue weighted by Crippen LogP contribution is 2.46. The Hall–Kier alpha value is -1.03. The Balaban J connectivity index is 1.64. The van der Waals surface area contributed by atoms with Gasteiger partial charge in [0, 0.05) is 11.5 Å². The van der Waals surface area contributed by atoms with E-state index in [4.69, 9.17) is 14.2 Å². The Labute approximate surface area is 139 Å². The molecule has 24 heavy (non-hydrogen) atoms. The number of fused-ring (bicyclic) bond motifs is 1. The van der Waals surface area contributed by atoms with Gasteiger partial charge in [-0.1, -0.05) is 6.92 Å². The summed E-state index contributed by atoms with van der Waals surface area (Å²) in [5, 5.41) is 38.8. The van der Waals surface area contributed by atoms with Gasteiger partial charge >= 0.3 is 0 Å². The van der Waals surface area contributed by atoms with Crippen molar-refractivity contribution in [2.24, 2.45) is 17.8 Å². The molecular weight excluding hydrogens is 320 g/mol. The molecule has 8 nitrogen and oxygen atoms in total. The van der Waals surface area contributed by atoms with Crippen molar-refractivity contribution in [3.63, 3.8) is 0 Å². The second-order valence-corrected chi connectivity index (χ2v) is 6.84. The van der Waals surface area contributed by atoms with Crippen molar-refractivity contribution in [2.75, 3.05) is 13.2 Å². The molecule has 2 fully saturated rings. The molecule has 3 rings (SSSR count). The number of hydrogen-bond donors (Lipinski definition) is 4. The first-order valence-electron chi connectivity index (χ1n) is 8.20. The van der Waals surface area contributed by atoms with Gasteiger partial charge in [0.2, 0.25) is 0 Å². The average Bonchev–Trinajstić information content (AvgIpc) is 3.10. The molecule has 2 heterocycles. The number of aliphatic hydroxyl groups is 4. The van der Waals surface area contributed by atoms with E-state index in [2.05, 4.69) is 0 Å². The van der Waals surface area contributed by atoms with Crippen LogP contribution in [0.2, 0.25) is 0 Å². The number of carbonyl (C=O) groups is 1. The van der Waals surface area contributed by atoms with Crippen molar-refractivity contribution >= 4 is 6.29 Å². The lowest BCUT2D eigenvalue weighted by Crippen LogP contribution is -2.59. The maximum Gasteiger partial charge on any atom is 0.186 e. The predicted molar refractivity (Wildman–Crippen MR) is 79.5 cm³/mol. The predicted octanol–water partition coefficient (Wildman–Crippen LogP) is -1.44. The van der Waals surface area contributed by atoms with E-state index in [1.807, 2.05) is 6.92 Å². The van der Waals surface area contributed by atoms with Gasteiger partial charge in [-0.15, -0.1) is 0 Å². The van der Waals surface area contributed by atoms with E-state index in [0.29, 0.717) is 5.57 Å². The topological polar surface area (TPSA) is 126 Å². The fourth-order valence-electron chi connectivity index (χ4n) is 3.95. The highest BCUT2D eigenvalue weighted by molar-refractivity contribution is 5.74. The maximum absolute atomic E-state index is 11.2. The quantitative estimate of drug-likeness (QED) is 0.447. The van der Waals surface area contributed by atoms with Crippen LogP contribution in [-0.2, 0) is 19.0 Å². The van der Waals surface area contributed by atoms with Gasteiger partial charge in [-0.25, -0.2) is 0 Å². The summed E-state index contributed by atoms with van der Waals surface area (Å²) in [7, 11) is 0. The number of rotatable bonds is 5. The molecule has 9 unspecified atom stereocenters. The summed E-state index contributed by atoms with van der Waals surface area (Å²) in [5.74, 6) is 0.220. The van der Waals surface area contributed by atoms with Gasteiger partial charge in [-0.3, -0.25) is 4.79 Å². The van der Waals surface area contributed by atoms with E-state index < -0.39 is 37.3 Å². The Bertz CT molecular complexity index is 492. The molecule has 0 amide bonds. The minimum absolute atomic E-state index is 0.0151. The summed E-state index contributed by atoms with van der Waals surface area (Å²) in [6.45, 7) is 1.76. The van der Waals surface area contributed by atoms with Crippen LogP contribution < -0.4 is 0 Å². The molecule has 3 aliphatic rings. The minimum atomic E-state index is -1.46. The highest BCUT2D eigenvalue weighted by Gasteiger charge is 2.49. The van der Waals surface area contributed by atoms with Crippen LogP contribution in [0.4, 0.5) is 0 Å². The molecule has 0 aromatic carbocycles. The van der Waals surface area contributed by atoms with Gasteiger partial charge in [0.05, 0.1) is 19.5 Å². The molecule has 0 aromatic heterocycles. The first-order chi connectivity index (χ1) is 11.5. The number of hydrogen-bond acceptors (Lipinski definition) is 8. The van der Waals surface area contributed by atoms with Gasteiger partial charge in [-0.05, 0) is 18.3 Å². The van der Waals surface area contributed by atoms with Crippen LogP contribution in [0, 0.1) is 17.8 Å². The second kappa shape index (κ2) is 7.07. The lowest BCUT2D eigenvalue weighted by Gasteiger charge is -2.40. The fourth-order valence-corrected chi connectivity index (χ4v) is 3.95. The summed E-state index contributed by atoms with van der Waals surface area (Å²) in [5.41, 5.74) is 0.603. The zero-order valence-corrected chi connectivity index (χ0v) is 13.4. The van der Waals surface area contributed by atoms with Crippen molar-refractivity contribution < 1.29 is 39.4 Å². The molecule has 8 heteroatoms. The zero-order valence-electron chi connectivity index (χ0n) is 13.4. The van der Waals surface area contributed by atoms with Crippen LogP contribution >= 0.6 is 0 Å². The van der Waals surface area contributed by atoms with Gasteiger partial charge in [-0.2, -0.15) is 0 Å². The number of carbonyl (C=O) groups excluding carboxylic acids is 1. The van der Waals surface area contributed by atoms with Crippen LogP contribution in [0.1, 0.15) is 13.3 Å². The molecule has 4 N–H and O–H groups in total. The Kier molecular flexibility index (Phi) is 5.24. The third-order valence-corrected chi connectivity index (χ3v) is 5.40. The summed E-state index contributed by atoms with van der Waals surface area (Å²) in [6, 6.07) is 0. The van der Waals surface area contributed by atoms with Crippen molar-refractivity contribution in [3.05, 3.63) is 11.8 Å². The Morgan fingerprint density at radius 3 is 2.71 bits per heavy atom. The molecule has 0 spiro atoms. The van der Waals surface area contributed by atoms with Crippen LogP contribution in [0.15, 0.2) is 11.8 Å². The van der Waals surface area contributed by atoms with E-state index in [1.165, 1.54) is 6.26 Å². The first-order valence-corrected chi connectivity index (χ1v) is 8.20. The van der Waals surface area contributed by atoms with Gasteiger partial charge < -0.3 is 34.6 Å². The normalized spacial score (nSPS) is 47.9. The van der Waals surface area contributed by atoms with Crippen molar-refractivity contribution in [1.29, 1.82) is 0 Å². The van der Waals surface area contributed by atoms with Crippen LogP contribution in [-0.4, -0.2) is 76.7 Å². The highest BCUT2D eigenvalue weighted by atomic mass is 16.7. The van der Waals surface area contributed by atoms with E-state index in [0.717, 1.165) is 12.7 Å². The largest absolute Gasteiger partial charge is 0.497 e. The maximum atomic E-state index is 11.2. The van der Waals surface area contributed by atoms with E-state index >= 15 is 0 Å². The molecule has 2 aliphatic heterocycles. The summed E-state index contributed by atoms with van der Waals surface area (Å²) < 4.78 is 16.5. The lowest BCUT2D eigenvalue weighted by molar-refractivity contribution is -0.304. The molecule has 1 aliphatic carbocycles. The Morgan fingerprint density at radius 1 is 1.29 bits per heavy atom. The van der Waals surface area contributed by atoms with E-state index in [-0.39, 0.29) is 30.5 Å². The third-order valence-electron chi connectivity index (χ3n) is 5.40. The number of ether oxygens (including phenoxy) is 3. The van der Waals surface area contributed by atoms with Crippen LogP contribution in [0.25, 0.3) is 0 Å². The molecule has 0 bridgehead atoms. The lowest BCUT2D eigenvalue weighted by atomic mass is 9.86. The van der Waals surface area contributed by atoms with Crippen LogP contribution in [0.3, 0.4) is 0 Å². The third kappa shape index (κ3) is 2.98. The molecule has 1 saturated carbocycles. The summed E-state index contributed by atoms with van der Waals surface area (Å²) in [6.07, 6.45) is -3.39. The number of aliphatic hydroxyl groups excluding tert-OH is 4. The van der Waals surface area contributed by atoms with Crippen molar-refractivity contribution in [3.8, 4) is 0 Å². The van der Waals surface area contributed by atoms with Gasteiger partial charge in [0.15, 0.2) is 6.29 Å². The summed E-state index contributed by atoms with van der Waals surface area (Å²) >= 11 is 0. The van der Waals surface area contributed by atoms with E-state index in [9.17, 15) is 25.2 Å². The zero-order chi connectivity index (χ0) is 17.4. The molecule has 136 valence electrons. The molecule has 0 radical (unpaired) electrons. The number of aldehydes is 1. The molecule has 9 atom stereocenters. The smallest absolute Gasteiger partial charge is 0.186 e. The average molecular weight is 344 g/mol. The Morgan fingerprint density at radius 2 is 2.04 bits per heavy atom. The summed E-state index contributed by atoms with van der Waals surface area (Å²) in [4.78, 5) is 11.2. The van der Waals surface area contributed by atoms with E-state index in [1.54, 1.807) is 0 Å². The van der Waals surface area contributed by atoms with Crippen molar-refractivity contribution in [1.82, 2.24) is 0 Å². The first kappa shape index (κ1) is 17.8. The van der Waals surface area contributed by atoms with Crippen molar-refractivity contribution in [2.45, 2.75) is 50.2 Å².